The SMILES string of the molecule is Cc1ccn(CC(O)c2ccc(CC(C)C)cc2)c(=O)c1. The third-order valence-corrected chi connectivity index (χ3v) is 3.53. The summed E-state index contributed by atoms with van der Waals surface area (Å²) < 4.78 is 1.54. The molecular weight excluding hydrogens is 262 g/mol. The van der Waals surface area contributed by atoms with E-state index < -0.39 is 6.10 Å². The van der Waals surface area contributed by atoms with Crippen molar-refractivity contribution in [3.63, 3.8) is 0 Å². The molecule has 21 heavy (non-hydrogen) atoms. The fraction of sp³-hybridized carbons (Fsp3) is 0.389. The average molecular weight is 285 g/mol. The summed E-state index contributed by atoms with van der Waals surface area (Å²) in [5.74, 6) is 0.618. The maximum absolute atomic E-state index is 11.8. The van der Waals surface area contributed by atoms with Gasteiger partial charge in [-0.05, 0) is 42.0 Å². The lowest BCUT2D eigenvalue weighted by atomic mass is 10.0. The third-order valence-electron chi connectivity index (χ3n) is 3.53. The minimum absolute atomic E-state index is 0.0783. The monoisotopic (exact) mass is 285 g/mol. The smallest absolute Gasteiger partial charge is 0.250 e. The van der Waals surface area contributed by atoms with E-state index >= 15 is 0 Å². The molecule has 0 radical (unpaired) electrons. The summed E-state index contributed by atoms with van der Waals surface area (Å²) in [5, 5.41) is 10.3. The highest BCUT2D eigenvalue weighted by Gasteiger charge is 2.09. The van der Waals surface area contributed by atoms with E-state index in [1.54, 1.807) is 16.8 Å². The Labute approximate surface area is 125 Å². The normalized spacial score (nSPS) is 12.6. The molecule has 1 N–H and O–H groups in total. The number of aromatic nitrogens is 1. The number of aliphatic hydroxyl groups excluding tert-OH is 1. The number of pyridine rings is 1. The Balaban J connectivity index is 2.09. The van der Waals surface area contributed by atoms with Crippen molar-refractivity contribution in [3.8, 4) is 0 Å². The van der Waals surface area contributed by atoms with Gasteiger partial charge in [-0.1, -0.05) is 38.1 Å². The van der Waals surface area contributed by atoms with E-state index in [-0.39, 0.29) is 12.1 Å². The largest absolute Gasteiger partial charge is 0.387 e. The first-order valence-corrected chi connectivity index (χ1v) is 7.39. The average Bonchev–Trinajstić information content (AvgIpc) is 2.42. The number of nitrogens with zero attached hydrogens (tertiary/aromatic N) is 1. The second-order valence-corrected chi connectivity index (χ2v) is 6.05. The molecule has 0 saturated carbocycles. The first-order chi connectivity index (χ1) is 9.95. The Bertz CT molecular complexity index is 641. The van der Waals surface area contributed by atoms with Crippen LogP contribution in [0.3, 0.4) is 0 Å². The van der Waals surface area contributed by atoms with Gasteiger partial charge in [-0.25, -0.2) is 0 Å². The lowest BCUT2D eigenvalue weighted by Gasteiger charge is -2.14. The molecule has 0 aliphatic heterocycles. The highest BCUT2D eigenvalue weighted by atomic mass is 16.3. The molecule has 0 saturated heterocycles. The first kappa shape index (κ1) is 15.5. The van der Waals surface area contributed by atoms with Crippen LogP contribution in [0.25, 0.3) is 0 Å². The van der Waals surface area contributed by atoms with E-state index in [0.29, 0.717) is 5.92 Å². The summed E-state index contributed by atoms with van der Waals surface area (Å²) in [6, 6.07) is 11.5. The van der Waals surface area contributed by atoms with Crippen LogP contribution in [-0.2, 0) is 13.0 Å². The molecule has 1 aromatic carbocycles. The fourth-order valence-corrected chi connectivity index (χ4v) is 2.40. The van der Waals surface area contributed by atoms with Gasteiger partial charge in [-0.3, -0.25) is 4.79 Å². The molecule has 3 nitrogen and oxygen atoms in total. The lowest BCUT2D eigenvalue weighted by Crippen LogP contribution is -2.22. The van der Waals surface area contributed by atoms with Crippen LogP contribution in [0.2, 0.25) is 0 Å². The fourth-order valence-electron chi connectivity index (χ4n) is 2.40. The molecule has 1 heterocycles. The maximum Gasteiger partial charge on any atom is 0.250 e. The molecule has 0 fully saturated rings. The van der Waals surface area contributed by atoms with Crippen molar-refractivity contribution in [2.45, 2.75) is 39.8 Å². The molecular formula is C18H23NO2. The molecule has 0 spiro atoms. The third kappa shape index (κ3) is 4.30. The van der Waals surface area contributed by atoms with E-state index in [4.69, 9.17) is 0 Å². The van der Waals surface area contributed by atoms with E-state index in [0.717, 1.165) is 17.5 Å². The van der Waals surface area contributed by atoms with Crippen molar-refractivity contribution in [1.29, 1.82) is 0 Å². The number of aryl methyl sites for hydroxylation is 1. The molecule has 1 aromatic heterocycles. The molecule has 0 aliphatic rings. The van der Waals surface area contributed by atoms with Crippen molar-refractivity contribution < 1.29 is 5.11 Å². The maximum atomic E-state index is 11.8. The van der Waals surface area contributed by atoms with Gasteiger partial charge in [0.05, 0.1) is 12.6 Å². The van der Waals surface area contributed by atoms with Crippen LogP contribution < -0.4 is 5.56 Å². The van der Waals surface area contributed by atoms with E-state index in [9.17, 15) is 9.90 Å². The molecule has 0 amide bonds. The highest BCUT2D eigenvalue weighted by Crippen LogP contribution is 2.17. The topological polar surface area (TPSA) is 42.2 Å². The minimum atomic E-state index is -0.668. The standard InChI is InChI=1S/C18H23NO2/c1-13(2)10-15-4-6-16(7-5-15)17(20)12-19-9-8-14(3)11-18(19)21/h4-9,11,13,17,20H,10,12H2,1-3H3. The van der Waals surface area contributed by atoms with E-state index in [2.05, 4.69) is 26.0 Å². The lowest BCUT2D eigenvalue weighted by molar-refractivity contribution is 0.155. The summed E-state index contributed by atoms with van der Waals surface area (Å²) in [6.07, 6.45) is 2.10. The van der Waals surface area contributed by atoms with Crippen LogP contribution in [0.15, 0.2) is 47.4 Å². The van der Waals surface area contributed by atoms with Crippen molar-refractivity contribution in [3.05, 3.63) is 69.6 Å². The van der Waals surface area contributed by atoms with Crippen LogP contribution in [0.5, 0.6) is 0 Å². The van der Waals surface area contributed by atoms with Crippen LogP contribution in [0, 0.1) is 12.8 Å². The van der Waals surface area contributed by atoms with E-state index in [1.165, 1.54) is 5.56 Å². The van der Waals surface area contributed by atoms with Gasteiger partial charge in [0.2, 0.25) is 0 Å². The summed E-state index contributed by atoms with van der Waals surface area (Å²) in [7, 11) is 0. The molecule has 2 rings (SSSR count). The first-order valence-electron chi connectivity index (χ1n) is 7.39. The number of aliphatic hydroxyl groups is 1. The minimum Gasteiger partial charge on any atom is -0.387 e. The molecule has 0 bridgehead atoms. The van der Waals surface area contributed by atoms with Gasteiger partial charge in [0, 0.05) is 12.3 Å². The van der Waals surface area contributed by atoms with Gasteiger partial charge in [0.1, 0.15) is 0 Å². The van der Waals surface area contributed by atoms with Crippen molar-refractivity contribution in [2.75, 3.05) is 0 Å². The second-order valence-electron chi connectivity index (χ2n) is 6.05. The van der Waals surface area contributed by atoms with Crippen molar-refractivity contribution in [2.24, 2.45) is 5.92 Å². The van der Waals surface area contributed by atoms with Crippen LogP contribution in [0.4, 0.5) is 0 Å². The van der Waals surface area contributed by atoms with Crippen LogP contribution in [0.1, 0.15) is 36.6 Å². The molecule has 1 unspecified atom stereocenters. The highest BCUT2D eigenvalue weighted by molar-refractivity contribution is 5.24. The molecule has 112 valence electrons. The molecule has 2 aromatic rings. The zero-order valence-electron chi connectivity index (χ0n) is 12.9. The molecule has 0 aliphatic carbocycles. The van der Waals surface area contributed by atoms with Crippen LogP contribution in [-0.4, -0.2) is 9.67 Å². The zero-order chi connectivity index (χ0) is 15.4. The Kier molecular flexibility index (Phi) is 4.97. The number of benzene rings is 1. The van der Waals surface area contributed by atoms with Gasteiger partial charge in [0.15, 0.2) is 0 Å². The molecule has 3 heteroatoms. The van der Waals surface area contributed by atoms with Gasteiger partial charge in [-0.15, -0.1) is 0 Å². The van der Waals surface area contributed by atoms with Gasteiger partial charge in [-0.2, -0.15) is 0 Å². The summed E-state index contributed by atoms with van der Waals surface area (Å²) >= 11 is 0. The predicted octanol–water partition coefficient (Wildman–Crippen LogP) is 3.09. The van der Waals surface area contributed by atoms with E-state index in [1.807, 2.05) is 25.1 Å². The zero-order valence-corrected chi connectivity index (χ0v) is 12.9. The summed E-state index contributed by atoms with van der Waals surface area (Å²) in [5.41, 5.74) is 2.97. The Morgan fingerprint density at radius 2 is 1.81 bits per heavy atom. The van der Waals surface area contributed by atoms with Crippen molar-refractivity contribution in [1.82, 2.24) is 4.57 Å². The second kappa shape index (κ2) is 6.72. The summed E-state index contributed by atoms with van der Waals surface area (Å²) in [4.78, 5) is 11.8. The summed E-state index contributed by atoms with van der Waals surface area (Å²) in [6.45, 7) is 6.54. The number of hydrogen-bond acceptors (Lipinski definition) is 2. The Hall–Kier alpha value is -1.87. The van der Waals surface area contributed by atoms with Gasteiger partial charge < -0.3 is 9.67 Å². The number of rotatable bonds is 5. The Morgan fingerprint density at radius 3 is 2.38 bits per heavy atom. The van der Waals surface area contributed by atoms with Crippen LogP contribution >= 0.6 is 0 Å². The quantitative estimate of drug-likeness (QED) is 0.917. The predicted molar refractivity (Wildman–Crippen MR) is 85.4 cm³/mol. The van der Waals surface area contributed by atoms with Gasteiger partial charge in [0.25, 0.3) is 5.56 Å². The Morgan fingerprint density at radius 1 is 1.14 bits per heavy atom. The van der Waals surface area contributed by atoms with Gasteiger partial charge >= 0.3 is 0 Å². The van der Waals surface area contributed by atoms with Crippen molar-refractivity contribution >= 4 is 0 Å². The molecule has 1 atom stereocenters. The number of hydrogen-bond donors (Lipinski definition) is 1.